The van der Waals surface area contributed by atoms with E-state index >= 15 is 0 Å². The SMILES string of the molecule is Fc1ccc(Br)c(CN2CCSCC2)c1. The highest BCUT2D eigenvalue weighted by Gasteiger charge is 2.12. The zero-order valence-corrected chi connectivity index (χ0v) is 10.8. The van der Waals surface area contributed by atoms with Crippen molar-refractivity contribution >= 4 is 27.7 Å². The number of thioether (sulfide) groups is 1. The predicted molar refractivity (Wildman–Crippen MR) is 66.7 cm³/mol. The van der Waals surface area contributed by atoms with Crippen LogP contribution < -0.4 is 0 Å². The Hall–Kier alpha value is -0.0600. The molecule has 15 heavy (non-hydrogen) atoms. The molecule has 0 aromatic heterocycles. The van der Waals surface area contributed by atoms with E-state index in [1.165, 1.54) is 17.6 Å². The molecule has 0 radical (unpaired) electrons. The summed E-state index contributed by atoms with van der Waals surface area (Å²) in [6.07, 6.45) is 0. The summed E-state index contributed by atoms with van der Waals surface area (Å²) in [7, 11) is 0. The maximum absolute atomic E-state index is 13.1. The van der Waals surface area contributed by atoms with Crippen molar-refractivity contribution in [1.82, 2.24) is 4.90 Å². The maximum Gasteiger partial charge on any atom is 0.123 e. The lowest BCUT2D eigenvalue weighted by molar-refractivity contribution is 0.293. The Labute approximate surface area is 102 Å². The van der Waals surface area contributed by atoms with E-state index in [1.54, 1.807) is 12.1 Å². The Bertz CT molecular complexity index is 339. The molecule has 1 heterocycles. The number of halogens is 2. The molecule has 4 heteroatoms. The highest BCUT2D eigenvalue weighted by atomic mass is 79.9. The van der Waals surface area contributed by atoms with E-state index in [-0.39, 0.29) is 5.82 Å². The summed E-state index contributed by atoms with van der Waals surface area (Å²) in [5.41, 5.74) is 1.04. The van der Waals surface area contributed by atoms with E-state index in [0.29, 0.717) is 0 Å². The molecule has 82 valence electrons. The molecule has 1 aromatic rings. The number of nitrogens with zero attached hydrogens (tertiary/aromatic N) is 1. The van der Waals surface area contributed by atoms with Crippen molar-refractivity contribution in [3.05, 3.63) is 34.1 Å². The fourth-order valence-corrected chi connectivity index (χ4v) is 3.02. The van der Waals surface area contributed by atoms with E-state index < -0.39 is 0 Å². The average Bonchev–Trinajstić information content (AvgIpc) is 2.25. The highest BCUT2D eigenvalue weighted by molar-refractivity contribution is 9.10. The molecule has 0 atom stereocenters. The van der Waals surface area contributed by atoms with Gasteiger partial charge in [0, 0.05) is 35.6 Å². The predicted octanol–water partition coefficient (Wildman–Crippen LogP) is 3.14. The molecule has 0 amide bonds. The molecular formula is C11H13BrFNS. The number of benzene rings is 1. The summed E-state index contributed by atoms with van der Waals surface area (Å²) in [6.45, 7) is 3.06. The molecule has 0 bridgehead atoms. The van der Waals surface area contributed by atoms with Gasteiger partial charge in [0.25, 0.3) is 0 Å². The van der Waals surface area contributed by atoms with Gasteiger partial charge in [0.1, 0.15) is 5.82 Å². The van der Waals surface area contributed by atoms with Gasteiger partial charge in [-0.1, -0.05) is 15.9 Å². The van der Waals surface area contributed by atoms with Gasteiger partial charge >= 0.3 is 0 Å². The second kappa shape index (κ2) is 5.32. The van der Waals surface area contributed by atoms with Crippen LogP contribution in [0.4, 0.5) is 4.39 Å². The van der Waals surface area contributed by atoms with Crippen molar-refractivity contribution in [1.29, 1.82) is 0 Å². The van der Waals surface area contributed by atoms with Gasteiger partial charge in [-0.15, -0.1) is 0 Å². The fourth-order valence-electron chi connectivity index (χ4n) is 1.66. The van der Waals surface area contributed by atoms with Crippen molar-refractivity contribution in [3.63, 3.8) is 0 Å². The molecule has 0 spiro atoms. The maximum atomic E-state index is 13.1. The third kappa shape index (κ3) is 3.20. The topological polar surface area (TPSA) is 3.24 Å². The number of hydrogen-bond donors (Lipinski definition) is 0. The van der Waals surface area contributed by atoms with Crippen molar-refractivity contribution < 1.29 is 4.39 Å². The summed E-state index contributed by atoms with van der Waals surface area (Å²) in [6, 6.07) is 4.88. The molecule has 2 rings (SSSR count). The summed E-state index contributed by atoms with van der Waals surface area (Å²) in [5, 5.41) is 0. The molecule has 0 saturated carbocycles. The molecule has 1 aliphatic rings. The Balaban J connectivity index is 2.05. The second-order valence-corrected chi connectivity index (χ2v) is 5.70. The first kappa shape index (κ1) is 11.4. The Morgan fingerprint density at radius 1 is 1.33 bits per heavy atom. The molecule has 1 aliphatic heterocycles. The van der Waals surface area contributed by atoms with Crippen LogP contribution in [0.3, 0.4) is 0 Å². The van der Waals surface area contributed by atoms with Gasteiger partial charge in [0.15, 0.2) is 0 Å². The van der Waals surface area contributed by atoms with Crippen molar-refractivity contribution in [2.24, 2.45) is 0 Å². The van der Waals surface area contributed by atoms with Gasteiger partial charge in [-0.3, -0.25) is 4.90 Å². The molecule has 0 N–H and O–H groups in total. The van der Waals surface area contributed by atoms with Crippen molar-refractivity contribution in [2.45, 2.75) is 6.54 Å². The van der Waals surface area contributed by atoms with E-state index in [0.717, 1.165) is 29.7 Å². The minimum absolute atomic E-state index is 0.153. The first-order valence-electron chi connectivity index (χ1n) is 5.00. The summed E-state index contributed by atoms with van der Waals surface area (Å²) in [5.74, 6) is 2.22. The van der Waals surface area contributed by atoms with E-state index in [2.05, 4.69) is 20.8 Å². The molecule has 0 unspecified atom stereocenters. The van der Waals surface area contributed by atoms with Crippen molar-refractivity contribution in [3.8, 4) is 0 Å². The van der Waals surface area contributed by atoms with Crippen LogP contribution >= 0.6 is 27.7 Å². The summed E-state index contributed by atoms with van der Waals surface area (Å²) < 4.78 is 14.1. The smallest absolute Gasteiger partial charge is 0.123 e. The van der Waals surface area contributed by atoms with E-state index in [1.807, 2.05) is 11.8 Å². The largest absolute Gasteiger partial charge is 0.297 e. The molecule has 1 saturated heterocycles. The zero-order chi connectivity index (χ0) is 10.7. The molecule has 1 nitrogen and oxygen atoms in total. The zero-order valence-electron chi connectivity index (χ0n) is 8.38. The standard InChI is InChI=1S/C11H13BrFNS/c12-11-2-1-10(13)7-9(11)8-14-3-5-15-6-4-14/h1-2,7H,3-6,8H2. The van der Waals surface area contributed by atoms with Crippen LogP contribution in [0.15, 0.2) is 22.7 Å². The van der Waals surface area contributed by atoms with Gasteiger partial charge in [0.05, 0.1) is 0 Å². The second-order valence-electron chi connectivity index (χ2n) is 3.62. The Morgan fingerprint density at radius 2 is 2.07 bits per heavy atom. The third-order valence-electron chi connectivity index (χ3n) is 2.51. The third-order valence-corrected chi connectivity index (χ3v) is 4.22. The quantitative estimate of drug-likeness (QED) is 0.823. The van der Waals surface area contributed by atoms with Crippen LogP contribution in [0.25, 0.3) is 0 Å². The minimum atomic E-state index is -0.153. The van der Waals surface area contributed by atoms with Gasteiger partial charge in [-0.25, -0.2) is 4.39 Å². The lowest BCUT2D eigenvalue weighted by Crippen LogP contribution is -2.32. The summed E-state index contributed by atoms with van der Waals surface area (Å²) in [4.78, 5) is 2.37. The number of rotatable bonds is 2. The van der Waals surface area contributed by atoms with Crippen LogP contribution in [0.2, 0.25) is 0 Å². The fraction of sp³-hybridized carbons (Fsp3) is 0.455. The number of hydrogen-bond acceptors (Lipinski definition) is 2. The van der Waals surface area contributed by atoms with Gasteiger partial charge in [0.2, 0.25) is 0 Å². The van der Waals surface area contributed by atoms with Crippen LogP contribution in [-0.4, -0.2) is 29.5 Å². The summed E-state index contributed by atoms with van der Waals surface area (Å²) >= 11 is 5.45. The van der Waals surface area contributed by atoms with Gasteiger partial charge in [-0.2, -0.15) is 11.8 Å². The van der Waals surface area contributed by atoms with Crippen LogP contribution in [-0.2, 0) is 6.54 Å². The molecule has 0 aliphatic carbocycles. The van der Waals surface area contributed by atoms with Crippen LogP contribution in [0.1, 0.15) is 5.56 Å². The normalized spacial score (nSPS) is 18.0. The first-order valence-corrected chi connectivity index (χ1v) is 6.94. The Kier molecular flexibility index (Phi) is 4.05. The van der Waals surface area contributed by atoms with E-state index in [4.69, 9.17) is 0 Å². The monoisotopic (exact) mass is 289 g/mol. The minimum Gasteiger partial charge on any atom is -0.297 e. The van der Waals surface area contributed by atoms with Gasteiger partial charge < -0.3 is 0 Å². The molecule has 1 fully saturated rings. The lowest BCUT2D eigenvalue weighted by Gasteiger charge is -2.26. The lowest BCUT2D eigenvalue weighted by atomic mass is 10.2. The van der Waals surface area contributed by atoms with E-state index in [9.17, 15) is 4.39 Å². The molecule has 1 aromatic carbocycles. The first-order chi connectivity index (χ1) is 7.25. The average molecular weight is 290 g/mol. The van der Waals surface area contributed by atoms with Crippen LogP contribution in [0, 0.1) is 5.82 Å². The van der Waals surface area contributed by atoms with Crippen LogP contribution in [0.5, 0.6) is 0 Å². The van der Waals surface area contributed by atoms with Gasteiger partial charge in [-0.05, 0) is 23.8 Å². The Morgan fingerprint density at radius 3 is 2.80 bits per heavy atom. The highest BCUT2D eigenvalue weighted by Crippen LogP contribution is 2.21. The van der Waals surface area contributed by atoms with Crippen molar-refractivity contribution in [2.75, 3.05) is 24.6 Å². The molecular weight excluding hydrogens is 277 g/mol.